The lowest BCUT2D eigenvalue weighted by Gasteiger charge is -2.32. The highest BCUT2D eigenvalue weighted by molar-refractivity contribution is 6.36. The number of rotatable bonds is 3. The third-order valence-corrected chi connectivity index (χ3v) is 3.67. The lowest BCUT2D eigenvalue weighted by atomic mass is 10.1. The van der Waals surface area contributed by atoms with E-state index in [2.05, 4.69) is 0 Å². The molecular formula is C13H12Cl2FNO4. The highest BCUT2D eigenvalue weighted by atomic mass is 35.5. The molecule has 0 spiro atoms. The molecule has 1 amide bonds. The molecule has 1 aromatic rings. The van der Waals surface area contributed by atoms with Gasteiger partial charge in [0.15, 0.2) is 0 Å². The molecule has 1 N–H and O–H groups in total. The van der Waals surface area contributed by atoms with Crippen molar-refractivity contribution in [1.29, 1.82) is 0 Å². The number of amides is 1. The lowest BCUT2D eigenvalue weighted by Crippen LogP contribution is -2.46. The molecule has 1 saturated heterocycles. The van der Waals surface area contributed by atoms with Gasteiger partial charge in [-0.15, -0.1) is 0 Å². The Bertz CT molecular complexity index is 582. The van der Waals surface area contributed by atoms with E-state index in [9.17, 15) is 14.0 Å². The Morgan fingerprint density at radius 1 is 1.38 bits per heavy atom. The maximum atomic E-state index is 13.5. The molecule has 21 heavy (non-hydrogen) atoms. The van der Waals surface area contributed by atoms with E-state index >= 15 is 0 Å². The predicted molar refractivity (Wildman–Crippen MR) is 74.3 cm³/mol. The van der Waals surface area contributed by atoms with Gasteiger partial charge in [-0.3, -0.25) is 9.59 Å². The van der Waals surface area contributed by atoms with E-state index in [1.165, 1.54) is 11.0 Å². The molecule has 1 heterocycles. The van der Waals surface area contributed by atoms with E-state index in [0.717, 1.165) is 6.07 Å². The molecule has 2 rings (SSSR count). The van der Waals surface area contributed by atoms with Gasteiger partial charge in [0.05, 0.1) is 34.7 Å². The topological polar surface area (TPSA) is 66.8 Å². The van der Waals surface area contributed by atoms with Gasteiger partial charge in [0.2, 0.25) is 0 Å². The fourth-order valence-electron chi connectivity index (χ4n) is 2.08. The Hall–Kier alpha value is -1.37. The smallest absolute Gasteiger partial charge is 0.306 e. The molecule has 8 heteroatoms. The van der Waals surface area contributed by atoms with Gasteiger partial charge >= 0.3 is 5.97 Å². The van der Waals surface area contributed by atoms with Crippen molar-refractivity contribution in [3.8, 4) is 0 Å². The molecule has 1 aromatic carbocycles. The zero-order valence-electron chi connectivity index (χ0n) is 10.8. The summed E-state index contributed by atoms with van der Waals surface area (Å²) in [7, 11) is 0. The SMILES string of the molecule is O=C(O)C[C@@H]1CN(C(=O)c2cc(F)c(Cl)cc2Cl)CCO1. The number of carbonyl (C=O) groups excluding carboxylic acids is 1. The second-order valence-electron chi connectivity index (χ2n) is 4.59. The number of carboxylic acids is 1. The van der Waals surface area contributed by atoms with Crippen molar-refractivity contribution in [2.75, 3.05) is 19.7 Å². The molecule has 1 fully saturated rings. The summed E-state index contributed by atoms with van der Waals surface area (Å²) in [4.78, 5) is 24.4. The number of hydrogen-bond donors (Lipinski definition) is 1. The highest BCUT2D eigenvalue weighted by Gasteiger charge is 2.28. The van der Waals surface area contributed by atoms with E-state index in [-0.39, 0.29) is 41.7 Å². The molecule has 1 aliphatic rings. The fraction of sp³-hybridized carbons (Fsp3) is 0.385. The first-order chi connectivity index (χ1) is 9.88. The second kappa shape index (κ2) is 6.60. The molecule has 5 nitrogen and oxygen atoms in total. The number of aliphatic carboxylic acids is 1. The van der Waals surface area contributed by atoms with Gasteiger partial charge in [0.25, 0.3) is 5.91 Å². The van der Waals surface area contributed by atoms with E-state index in [0.29, 0.717) is 0 Å². The van der Waals surface area contributed by atoms with Gasteiger partial charge in [-0.25, -0.2) is 4.39 Å². The van der Waals surface area contributed by atoms with Crippen molar-refractivity contribution in [3.05, 3.63) is 33.6 Å². The third-order valence-electron chi connectivity index (χ3n) is 3.07. The number of ether oxygens (including phenoxy) is 1. The summed E-state index contributed by atoms with van der Waals surface area (Å²) < 4.78 is 18.7. The van der Waals surface area contributed by atoms with Gasteiger partial charge in [-0.2, -0.15) is 0 Å². The van der Waals surface area contributed by atoms with Crippen LogP contribution in [0.3, 0.4) is 0 Å². The summed E-state index contributed by atoms with van der Waals surface area (Å²) >= 11 is 11.5. The van der Waals surface area contributed by atoms with Crippen LogP contribution in [0.15, 0.2) is 12.1 Å². The summed E-state index contributed by atoms with van der Waals surface area (Å²) in [6.07, 6.45) is -0.789. The van der Waals surface area contributed by atoms with Crippen molar-refractivity contribution < 1.29 is 23.8 Å². The molecule has 0 unspecified atom stereocenters. The number of carboxylic acid groups (broad SMARTS) is 1. The average Bonchev–Trinajstić information content (AvgIpc) is 2.41. The minimum Gasteiger partial charge on any atom is -0.481 e. The van der Waals surface area contributed by atoms with Crippen LogP contribution in [0.2, 0.25) is 10.0 Å². The van der Waals surface area contributed by atoms with Crippen LogP contribution in [0.25, 0.3) is 0 Å². The summed E-state index contributed by atoms with van der Waals surface area (Å²) in [5.41, 5.74) is -0.00505. The number of hydrogen-bond acceptors (Lipinski definition) is 3. The van der Waals surface area contributed by atoms with E-state index in [1.807, 2.05) is 0 Å². The molecule has 0 aliphatic carbocycles. The van der Waals surface area contributed by atoms with Gasteiger partial charge in [-0.1, -0.05) is 23.2 Å². The Morgan fingerprint density at radius 3 is 2.76 bits per heavy atom. The van der Waals surface area contributed by atoms with Crippen molar-refractivity contribution in [2.24, 2.45) is 0 Å². The minimum absolute atomic E-state index is 0.00505. The van der Waals surface area contributed by atoms with Gasteiger partial charge in [0, 0.05) is 13.1 Å². The van der Waals surface area contributed by atoms with Crippen molar-refractivity contribution >= 4 is 35.1 Å². The first-order valence-electron chi connectivity index (χ1n) is 6.15. The molecule has 0 aromatic heterocycles. The largest absolute Gasteiger partial charge is 0.481 e. The average molecular weight is 336 g/mol. The molecule has 1 aliphatic heterocycles. The Kier molecular flexibility index (Phi) is 5.03. The first-order valence-corrected chi connectivity index (χ1v) is 6.91. The van der Waals surface area contributed by atoms with Crippen LogP contribution in [0.5, 0.6) is 0 Å². The van der Waals surface area contributed by atoms with Crippen molar-refractivity contribution in [3.63, 3.8) is 0 Å². The van der Waals surface area contributed by atoms with Gasteiger partial charge in [-0.05, 0) is 12.1 Å². The number of nitrogens with zero attached hydrogens (tertiary/aromatic N) is 1. The summed E-state index contributed by atoms with van der Waals surface area (Å²) in [5, 5.41) is 8.63. The quantitative estimate of drug-likeness (QED) is 0.861. The zero-order valence-corrected chi connectivity index (χ0v) is 12.3. The molecule has 0 bridgehead atoms. The minimum atomic E-state index is -1.01. The van der Waals surface area contributed by atoms with Gasteiger partial charge < -0.3 is 14.7 Å². The Balaban J connectivity index is 2.16. The maximum Gasteiger partial charge on any atom is 0.306 e. The fourth-order valence-corrected chi connectivity index (χ4v) is 2.54. The van der Waals surface area contributed by atoms with E-state index in [1.54, 1.807) is 0 Å². The van der Waals surface area contributed by atoms with Crippen LogP contribution >= 0.6 is 23.2 Å². The summed E-state index contributed by atoms with van der Waals surface area (Å²) in [5.74, 6) is -2.22. The van der Waals surface area contributed by atoms with Crippen LogP contribution in [-0.4, -0.2) is 47.7 Å². The van der Waals surface area contributed by atoms with Crippen LogP contribution in [0.4, 0.5) is 4.39 Å². The maximum absolute atomic E-state index is 13.5. The molecule has 1 atom stereocenters. The first kappa shape index (κ1) is 16.0. The predicted octanol–water partition coefficient (Wildman–Crippen LogP) is 2.45. The van der Waals surface area contributed by atoms with Crippen LogP contribution in [-0.2, 0) is 9.53 Å². The van der Waals surface area contributed by atoms with E-state index in [4.69, 9.17) is 33.0 Å². The standard InChI is InChI=1S/C13H12Cl2FNO4/c14-9-5-10(15)11(16)4-8(9)13(20)17-1-2-21-7(6-17)3-12(18)19/h4-5,7H,1-3,6H2,(H,18,19)/t7-/m1/s1. The molecule has 114 valence electrons. The monoisotopic (exact) mass is 335 g/mol. The van der Waals surface area contributed by atoms with Gasteiger partial charge in [0.1, 0.15) is 5.82 Å². The highest BCUT2D eigenvalue weighted by Crippen LogP contribution is 2.26. The summed E-state index contributed by atoms with van der Waals surface area (Å²) in [6.45, 7) is 0.624. The number of carbonyl (C=O) groups is 2. The Morgan fingerprint density at radius 2 is 2.10 bits per heavy atom. The van der Waals surface area contributed by atoms with Crippen LogP contribution < -0.4 is 0 Å². The Labute approximate surface area is 130 Å². The summed E-state index contributed by atoms with van der Waals surface area (Å²) in [6, 6.07) is 2.15. The molecule has 0 saturated carbocycles. The third kappa shape index (κ3) is 3.84. The molecular weight excluding hydrogens is 324 g/mol. The normalized spacial score (nSPS) is 18.6. The zero-order chi connectivity index (χ0) is 15.6. The number of benzene rings is 1. The number of morpholine rings is 1. The van der Waals surface area contributed by atoms with Crippen LogP contribution in [0.1, 0.15) is 16.8 Å². The molecule has 0 radical (unpaired) electrons. The number of halogens is 3. The van der Waals surface area contributed by atoms with Crippen LogP contribution in [0, 0.1) is 5.82 Å². The van der Waals surface area contributed by atoms with E-state index < -0.39 is 23.8 Å². The van der Waals surface area contributed by atoms with Crippen molar-refractivity contribution in [2.45, 2.75) is 12.5 Å². The van der Waals surface area contributed by atoms with Crippen molar-refractivity contribution in [1.82, 2.24) is 4.90 Å². The lowest BCUT2D eigenvalue weighted by molar-refractivity contribution is -0.141. The second-order valence-corrected chi connectivity index (χ2v) is 5.40.